The minimum Gasteiger partial charge on any atom is -0.475 e. The Kier molecular flexibility index (Phi) is 8.71. The second kappa shape index (κ2) is 11.9. The third-order valence-electron chi connectivity index (χ3n) is 5.58. The van der Waals surface area contributed by atoms with Crippen LogP contribution in [0.5, 0.6) is 0 Å². The first kappa shape index (κ1) is 28.4. The van der Waals surface area contributed by atoms with Gasteiger partial charge in [-0.25, -0.2) is 4.79 Å². The Morgan fingerprint density at radius 1 is 0.846 bits per heavy atom. The number of hydrogen-bond donors (Lipinski definition) is 6. The zero-order valence-electron chi connectivity index (χ0n) is 20.4. The topological polar surface area (TPSA) is 171 Å². The summed E-state index contributed by atoms with van der Waals surface area (Å²) in [5.74, 6) is -2.91. The highest BCUT2D eigenvalue weighted by molar-refractivity contribution is 5.99. The number of rotatable bonds is 7. The molecule has 1 aromatic heterocycles. The van der Waals surface area contributed by atoms with Gasteiger partial charge in [-0.15, -0.1) is 0 Å². The van der Waals surface area contributed by atoms with Gasteiger partial charge in [0.2, 0.25) is 0 Å². The highest BCUT2D eigenvalue weighted by Gasteiger charge is 2.38. The maximum absolute atomic E-state index is 13.1. The molecular formula is C27H25F3N6O3. The number of carbonyl (C=O) groups is 2. The number of para-hydroxylation sites is 1. The molecule has 1 amide bonds. The average molecular weight is 539 g/mol. The van der Waals surface area contributed by atoms with Crippen LogP contribution in [-0.4, -0.2) is 39.4 Å². The van der Waals surface area contributed by atoms with Gasteiger partial charge >= 0.3 is 12.1 Å². The van der Waals surface area contributed by atoms with Crippen LogP contribution in [0.15, 0.2) is 78.9 Å². The molecule has 9 nitrogen and oxygen atoms in total. The molecule has 3 aromatic carbocycles. The molecular weight excluding hydrogens is 513 g/mol. The Morgan fingerprint density at radius 2 is 1.46 bits per heavy atom. The maximum Gasteiger partial charge on any atom is 0.490 e. The van der Waals surface area contributed by atoms with Gasteiger partial charge in [-0.3, -0.25) is 15.6 Å². The van der Waals surface area contributed by atoms with Crippen LogP contribution in [0.4, 0.5) is 13.2 Å². The van der Waals surface area contributed by atoms with E-state index in [0.717, 1.165) is 22.0 Å². The molecule has 4 aromatic rings. The number of nitrogens with zero attached hydrogens (tertiary/aromatic N) is 1. The van der Waals surface area contributed by atoms with E-state index in [4.69, 9.17) is 32.2 Å². The van der Waals surface area contributed by atoms with E-state index in [0.29, 0.717) is 29.9 Å². The molecule has 39 heavy (non-hydrogen) atoms. The fraction of sp³-hybridized carbons (Fsp3) is 0.111. The molecule has 0 fully saturated rings. The zero-order valence-corrected chi connectivity index (χ0v) is 20.4. The average Bonchev–Trinajstić information content (AvgIpc) is 3.26. The Balaban J connectivity index is 0.000000532. The van der Waals surface area contributed by atoms with Gasteiger partial charge in [0.1, 0.15) is 17.4 Å². The number of nitrogens with two attached hydrogens (primary N) is 2. The first-order chi connectivity index (χ1) is 18.4. The quantitative estimate of drug-likeness (QED) is 0.155. The fourth-order valence-corrected chi connectivity index (χ4v) is 3.66. The van der Waals surface area contributed by atoms with Crippen molar-refractivity contribution in [3.63, 3.8) is 0 Å². The van der Waals surface area contributed by atoms with Crippen molar-refractivity contribution in [2.24, 2.45) is 11.5 Å². The summed E-state index contributed by atoms with van der Waals surface area (Å²) >= 11 is 0. The van der Waals surface area contributed by atoms with Crippen LogP contribution in [0.3, 0.4) is 0 Å². The maximum atomic E-state index is 13.1. The number of carboxylic acid groups (broad SMARTS) is 1. The second-order valence-electron chi connectivity index (χ2n) is 8.38. The van der Waals surface area contributed by atoms with Crippen LogP contribution >= 0.6 is 0 Å². The van der Waals surface area contributed by atoms with Gasteiger partial charge in [0.05, 0.1) is 0 Å². The molecule has 202 valence electrons. The van der Waals surface area contributed by atoms with Gasteiger partial charge < -0.3 is 26.5 Å². The van der Waals surface area contributed by atoms with E-state index in [9.17, 15) is 18.0 Å². The lowest BCUT2D eigenvalue weighted by molar-refractivity contribution is -0.192. The first-order valence-electron chi connectivity index (χ1n) is 11.4. The molecule has 4 rings (SSSR count). The molecule has 0 saturated carbocycles. The van der Waals surface area contributed by atoms with E-state index < -0.39 is 12.1 Å². The van der Waals surface area contributed by atoms with Crippen molar-refractivity contribution >= 4 is 34.5 Å². The Morgan fingerprint density at radius 3 is 2.05 bits per heavy atom. The first-order valence-corrected chi connectivity index (χ1v) is 11.4. The molecule has 0 radical (unpaired) electrons. The molecule has 8 N–H and O–H groups in total. The van der Waals surface area contributed by atoms with E-state index in [-0.39, 0.29) is 17.6 Å². The van der Waals surface area contributed by atoms with Crippen LogP contribution < -0.4 is 16.8 Å². The van der Waals surface area contributed by atoms with E-state index in [1.165, 1.54) is 0 Å². The summed E-state index contributed by atoms with van der Waals surface area (Å²) in [6, 6.07) is 24.5. The second-order valence-corrected chi connectivity index (χ2v) is 8.38. The Hall–Kier alpha value is -5.13. The minimum absolute atomic E-state index is 0.0120. The van der Waals surface area contributed by atoms with Gasteiger partial charge in [0, 0.05) is 35.1 Å². The van der Waals surface area contributed by atoms with Crippen LogP contribution in [0.25, 0.3) is 10.9 Å². The lowest BCUT2D eigenvalue weighted by Crippen LogP contribution is -2.25. The zero-order chi connectivity index (χ0) is 28.7. The monoisotopic (exact) mass is 538 g/mol. The molecule has 0 aliphatic heterocycles. The molecule has 0 saturated heterocycles. The number of hydrogen-bond acceptors (Lipinski definition) is 4. The van der Waals surface area contributed by atoms with Crippen LogP contribution in [-0.2, 0) is 17.9 Å². The van der Waals surface area contributed by atoms with E-state index in [2.05, 4.69) is 5.32 Å². The summed E-state index contributed by atoms with van der Waals surface area (Å²) in [6.45, 7) is 0.836. The molecule has 0 spiro atoms. The number of aliphatic carboxylic acids is 1. The number of carbonyl (C=O) groups excluding carboxylic acids is 1. The lowest BCUT2D eigenvalue weighted by atomic mass is 10.1. The number of amides is 1. The fourth-order valence-electron chi connectivity index (χ4n) is 3.66. The highest BCUT2D eigenvalue weighted by Crippen LogP contribution is 2.22. The number of halogens is 3. The van der Waals surface area contributed by atoms with Gasteiger partial charge in [-0.1, -0.05) is 60.7 Å². The van der Waals surface area contributed by atoms with Gasteiger partial charge in [-0.05, 0) is 29.3 Å². The van der Waals surface area contributed by atoms with Crippen molar-refractivity contribution in [2.45, 2.75) is 19.3 Å². The lowest BCUT2D eigenvalue weighted by Gasteiger charge is -2.12. The van der Waals surface area contributed by atoms with Gasteiger partial charge in [-0.2, -0.15) is 13.2 Å². The third-order valence-corrected chi connectivity index (χ3v) is 5.58. The number of benzene rings is 3. The van der Waals surface area contributed by atoms with E-state index in [1.54, 1.807) is 18.2 Å². The van der Waals surface area contributed by atoms with Crippen molar-refractivity contribution < 1.29 is 27.9 Å². The number of amidine groups is 2. The normalized spacial score (nSPS) is 10.8. The van der Waals surface area contributed by atoms with Gasteiger partial charge in [0.15, 0.2) is 0 Å². The third kappa shape index (κ3) is 7.44. The van der Waals surface area contributed by atoms with Crippen molar-refractivity contribution in [1.82, 2.24) is 9.88 Å². The standard InChI is InChI=1S/C25H24N6O.C2HF3O2/c26-23(27)18-10-8-16(9-11-18)14-30-25(32)22-13-19-5-1-2-7-21(19)31(22)15-17-4-3-6-20(12-17)24(28)29;3-2(4,5)1(6)7/h1-13H,14-15H2,(H3,26,27)(H3,28,29)(H,30,32);(H,6,7). The number of nitrogen functional groups attached to an aromatic ring is 2. The van der Waals surface area contributed by atoms with Crippen molar-refractivity contribution in [3.8, 4) is 0 Å². The number of aromatic nitrogens is 1. The molecule has 1 heterocycles. The number of carboxylic acids is 1. The Bertz CT molecular complexity index is 1530. The van der Waals surface area contributed by atoms with Crippen LogP contribution in [0, 0.1) is 10.8 Å². The van der Waals surface area contributed by atoms with Crippen molar-refractivity contribution in [1.29, 1.82) is 10.8 Å². The van der Waals surface area contributed by atoms with Crippen molar-refractivity contribution in [3.05, 3.63) is 107 Å². The summed E-state index contributed by atoms with van der Waals surface area (Å²) in [4.78, 5) is 22.0. The molecule has 0 atom stereocenters. The summed E-state index contributed by atoms with van der Waals surface area (Å²) in [5.41, 5.74) is 15.8. The molecule has 0 unspecified atom stereocenters. The molecule has 0 bridgehead atoms. The minimum atomic E-state index is -5.08. The van der Waals surface area contributed by atoms with Gasteiger partial charge in [0.25, 0.3) is 5.91 Å². The largest absolute Gasteiger partial charge is 0.490 e. The SMILES string of the molecule is N=C(N)c1ccc(CNC(=O)c2cc3ccccc3n2Cc2cccc(C(=N)N)c2)cc1.O=C(O)C(F)(F)F. The number of fused-ring (bicyclic) bond motifs is 1. The summed E-state index contributed by atoms with van der Waals surface area (Å²) in [6.07, 6.45) is -5.08. The van der Waals surface area contributed by atoms with Crippen LogP contribution in [0.2, 0.25) is 0 Å². The summed E-state index contributed by atoms with van der Waals surface area (Å²) in [7, 11) is 0. The van der Waals surface area contributed by atoms with E-state index >= 15 is 0 Å². The number of nitrogens with one attached hydrogen (secondary N) is 3. The highest BCUT2D eigenvalue weighted by atomic mass is 19.4. The predicted molar refractivity (Wildman–Crippen MR) is 141 cm³/mol. The summed E-state index contributed by atoms with van der Waals surface area (Å²) < 4.78 is 33.7. The summed E-state index contributed by atoms with van der Waals surface area (Å²) in [5, 5.41) is 26.2. The predicted octanol–water partition coefficient (Wildman–Crippen LogP) is 3.82. The van der Waals surface area contributed by atoms with Crippen LogP contribution in [0.1, 0.15) is 32.7 Å². The molecule has 0 aliphatic rings. The number of alkyl halides is 3. The Labute approximate surface area is 220 Å². The van der Waals surface area contributed by atoms with Crippen molar-refractivity contribution in [2.75, 3.05) is 0 Å². The molecule has 0 aliphatic carbocycles. The molecule has 12 heteroatoms. The smallest absolute Gasteiger partial charge is 0.475 e. The van der Waals surface area contributed by atoms with E-state index in [1.807, 2.05) is 65.2 Å².